The molecule has 1 aromatic carbocycles. The lowest BCUT2D eigenvalue weighted by atomic mass is 10.0. The highest BCUT2D eigenvalue weighted by Crippen LogP contribution is 2.27. The Morgan fingerprint density at radius 3 is 2.85 bits per heavy atom. The predicted molar refractivity (Wildman–Crippen MR) is 106 cm³/mol. The van der Waals surface area contributed by atoms with E-state index in [2.05, 4.69) is 36.2 Å². The van der Waals surface area contributed by atoms with Gasteiger partial charge in [0.1, 0.15) is 0 Å². The van der Waals surface area contributed by atoms with Crippen molar-refractivity contribution in [1.82, 2.24) is 14.8 Å². The smallest absolute Gasteiger partial charge is 0.200 e. The van der Waals surface area contributed by atoms with Crippen molar-refractivity contribution in [1.29, 1.82) is 0 Å². The molecule has 0 N–H and O–H groups in total. The number of aromatic nitrogens is 3. The van der Waals surface area contributed by atoms with Gasteiger partial charge >= 0.3 is 0 Å². The fraction of sp³-hybridized carbons (Fsp3) is 0.381. The van der Waals surface area contributed by atoms with Crippen molar-refractivity contribution in [3.63, 3.8) is 0 Å². The Morgan fingerprint density at radius 2 is 2.07 bits per heavy atom. The molecule has 0 radical (unpaired) electrons. The van der Waals surface area contributed by atoms with E-state index in [0.717, 1.165) is 30.1 Å². The normalized spacial score (nSPS) is 13.3. The van der Waals surface area contributed by atoms with Crippen LogP contribution < -0.4 is 0 Å². The van der Waals surface area contributed by atoms with Gasteiger partial charge in [0.05, 0.1) is 12.0 Å². The number of hydrogen-bond donors (Lipinski definition) is 0. The van der Waals surface area contributed by atoms with Crippen LogP contribution in [-0.2, 0) is 19.4 Å². The van der Waals surface area contributed by atoms with Crippen molar-refractivity contribution in [2.75, 3.05) is 5.75 Å². The van der Waals surface area contributed by atoms with E-state index in [1.807, 2.05) is 22.8 Å². The topological polar surface area (TPSA) is 60.9 Å². The fourth-order valence-corrected chi connectivity index (χ4v) is 4.31. The van der Waals surface area contributed by atoms with E-state index < -0.39 is 0 Å². The predicted octanol–water partition coefficient (Wildman–Crippen LogP) is 4.66. The molecule has 5 nitrogen and oxygen atoms in total. The molecule has 140 valence electrons. The Hall–Kier alpha value is -2.34. The molecule has 27 heavy (non-hydrogen) atoms. The van der Waals surface area contributed by atoms with Crippen molar-refractivity contribution in [3.05, 3.63) is 53.3 Å². The molecule has 1 aliphatic carbocycles. The molecule has 0 bridgehead atoms. The summed E-state index contributed by atoms with van der Waals surface area (Å²) in [6.07, 6.45) is 5.04. The average Bonchev–Trinajstić information content (AvgIpc) is 3.39. The second-order valence-electron chi connectivity index (χ2n) is 7.34. The zero-order chi connectivity index (χ0) is 18.8. The second kappa shape index (κ2) is 7.72. The first-order valence-corrected chi connectivity index (χ1v) is 10.3. The van der Waals surface area contributed by atoms with E-state index in [-0.39, 0.29) is 5.78 Å². The summed E-state index contributed by atoms with van der Waals surface area (Å²) in [6.45, 7) is 5.07. The van der Waals surface area contributed by atoms with Crippen molar-refractivity contribution >= 4 is 17.5 Å². The van der Waals surface area contributed by atoms with Gasteiger partial charge in [0.25, 0.3) is 0 Å². The minimum Gasteiger partial charge on any atom is -0.461 e. The number of benzene rings is 1. The Labute approximate surface area is 163 Å². The van der Waals surface area contributed by atoms with Crippen molar-refractivity contribution in [3.8, 4) is 11.6 Å². The third-order valence-electron chi connectivity index (χ3n) is 4.76. The molecule has 0 saturated carbocycles. The van der Waals surface area contributed by atoms with Crippen LogP contribution in [0.5, 0.6) is 0 Å². The minimum absolute atomic E-state index is 0.133. The first kappa shape index (κ1) is 18.0. The highest BCUT2D eigenvalue weighted by molar-refractivity contribution is 7.99. The Balaban J connectivity index is 1.51. The third kappa shape index (κ3) is 3.86. The molecule has 2 aromatic heterocycles. The van der Waals surface area contributed by atoms with Gasteiger partial charge in [-0.3, -0.25) is 9.36 Å². The molecule has 0 atom stereocenters. The van der Waals surface area contributed by atoms with Crippen molar-refractivity contribution in [2.24, 2.45) is 5.92 Å². The number of hydrogen-bond acceptors (Lipinski definition) is 5. The number of rotatable bonds is 7. The van der Waals surface area contributed by atoms with Crippen LogP contribution >= 0.6 is 11.8 Å². The van der Waals surface area contributed by atoms with Crippen LogP contribution in [-0.4, -0.2) is 26.3 Å². The van der Waals surface area contributed by atoms with E-state index >= 15 is 0 Å². The van der Waals surface area contributed by atoms with Crippen LogP contribution in [0.1, 0.15) is 41.8 Å². The molecule has 4 rings (SSSR count). The molecule has 2 heterocycles. The molecular formula is C21H23N3O2S. The second-order valence-corrected chi connectivity index (χ2v) is 8.28. The third-order valence-corrected chi connectivity index (χ3v) is 5.73. The highest BCUT2D eigenvalue weighted by atomic mass is 32.2. The Morgan fingerprint density at radius 1 is 1.22 bits per heavy atom. The van der Waals surface area contributed by atoms with Gasteiger partial charge < -0.3 is 4.42 Å². The van der Waals surface area contributed by atoms with E-state index in [1.54, 1.807) is 6.26 Å². The molecule has 0 unspecified atom stereocenters. The Kier molecular flexibility index (Phi) is 5.16. The largest absolute Gasteiger partial charge is 0.461 e. The van der Waals surface area contributed by atoms with Crippen molar-refractivity contribution < 1.29 is 9.21 Å². The molecule has 1 aliphatic rings. The zero-order valence-corrected chi connectivity index (χ0v) is 16.5. The van der Waals surface area contributed by atoms with Crippen LogP contribution in [0.15, 0.2) is 46.2 Å². The molecular weight excluding hydrogens is 358 g/mol. The lowest BCUT2D eigenvalue weighted by molar-refractivity contribution is 0.102. The number of ketones is 1. The maximum Gasteiger partial charge on any atom is 0.200 e. The summed E-state index contributed by atoms with van der Waals surface area (Å²) in [6, 6.07) is 9.86. The van der Waals surface area contributed by atoms with Crippen LogP contribution in [0.25, 0.3) is 11.6 Å². The highest BCUT2D eigenvalue weighted by Gasteiger charge is 2.19. The first-order chi connectivity index (χ1) is 13.1. The number of nitrogens with zero attached hydrogens (tertiary/aromatic N) is 3. The zero-order valence-electron chi connectivity index (χ0n) is 15.6. The van der Waals surface area contributed by atoms with Crippen LogP contribution in [0.2, 0.25) is 0 Å². The van der Waals surface area contributed by atoms with Gasteiger partial charge in [0.15, 0.2) is 22.5 Å². The summed E-state index contributed by atoms with van der Waals surface area (Å²) in [5.41, 5.74) is 3.51. The quantitative estimate of drug-likeness (QED) is 0.440. The Bertz CT molecular complexity index is 944. The van der Waals surface area contributed by atoms with Gasteiger partial charge in [-0.15, -0.1) is 10.2 Å². The first-order valence-electron chi connectivity index (χ1n) is 9.36. The van der Waals surface area contributed by atoms with Gasteiger partial charge in [-0.25, -0.2) is 0 Å². The standard InChI is InChI=1S/C21H23N3O2S/c1-14(2)12-24-20(19-7-4-10-26-19)22-23-21(24)27-13-18(25)17-9-8-15-5-3-6-16(15)11-17/h4,7-11,14H,3,5-6,12-13H2,1-2H3. The summed E-state index contributed by atoms with van der Waals surface area (Å²) >= 11 is 1.44. The van der Waals surface area contributed by atoms with Gasteiger partial charge in [0.2, 0.25) is 0 Å². The number of thioether (sulfide) groups is 1. The lowest BCUT2D eigenvalue weighted by Gasteiger charge is -2.11. The molecule has 0 aliphatic heterocycles. The summed E-state index contributed by atoms with van der Waals surface area (Å²) in [5.74, 6) is 2.32. The van der Waals surface area contributed by atoms with Gasteiger partial charge in [-0.1, -0.05) is 37.7 Å². The van der Waals surface area contributed by atoms with E-state index in [1.165, 1.54) is 29.3 Å². The fourth-order valence-electron chi connectivity index (χ4n) is 3.47. The number of Topliss-reactive ketones (excluding diaryl/α,β-unsaturated/α-hetero) is 1. The van der Waals surface area contributed by atoms with Gasteiger partial charge in [-0.05, 0) is 54.5 Å². The van der Waals surface area contributed by atoms with Gasteiger partial charge in [0, 0.05) is 12.1 Å². The molecule has 0 spiro atoms. The maximum absolute atomic E-state index is 12.7. The molecule has 0 amide bonds. The molecule has 0 saturated heterocycles. The van der Waals surface area contributed by atoms with E-state index in [9.17, 15) is 4.79 Å². The van der Waals surface area contributed by atoms with Crippen molar-refractivity contribution in [2.45, 2.75) is 44.8 Å². The summed E-state index contributed by atoms with van der Waals surface area (Å²) in [4.78, 5) is 12.7. The molecule has 0 fully saturated rings. The number of aryl methyl sites for hydroxylation is 2. The SMILES string of the molecule is CC(C)Cn1c(SCC(=O)c2ccc3c(c2)CCC3)nnc1-c1ccco1. The van der Waals surface area contributed by atoms with Crippen LogP contribution in [0.4, 0.5) is 0 Å². The summed E-state index contributed by atoms with van der Waals surface area (Å²) in [7, 11) is 0. The number of carbonyl (C=O) groups is 1. The lowest BCUT2D eigenvalue weighted by Crippen LogP contribution is -2.09. The van der Waals surface area contributed by atoms with Gasteiger partial charge in [-0.2, -0.15) is 0 Å². The maximum atomic E-state index is 12.7. The van der Waals surface area contributed by atoms with E-state index in [4.69, 9.17) is 4.42 Å². The minimum atomic E-state index is 0.133. The average molecular weight is 382 g/mol. The number of fused-ring (bicyclic) bond motifs is 1. The van der Waals surface area contributed by atoms with E-state index in [0.29, 0.717) is 23.3 Å². The monoisotopic (exact) mass is 381 g/mol. The summed E-state index contributed by atoms with van der Waals surface area (Å²) in [5, 5.41) is 9.36. The molecule has 6 heteroatoms. The summed E-state index contributed by atoms with van der Waals surface area (Å²) < 4.78 is 7.54. The van der Waals surface area contributed by atoms with Crippen LogP contribution in [0, 0.1) is 5.92 Å². The van der Waals surface area contributed by atoms with Crippen LogP contribution in [0.3, 0.4) is 0 Å². The molecule has 3 aromatic rings. The number of furan rings is 1. The number of carbonyl (C=O) groups excluding carboxylic acids is 1.